The van der Waals surface area contributed by atoms with Gasteiger partial charge in [0, 0.05) is 47.9 Å². The van der Waals surface area contributed by atoms with Gasteiger partial charge >= 0.3 is 5.97 Å². The molecule has 0 spiro atoms. The Bertz CT molecular complexity index is 1470. The quantitative estimate of drug-likeness (QED) is 0.360. The first-order valence-electron chi connectivity index (χ1n) is 11.8. The van der Waals surface area contributed by atoms with E-state index in [1.54, 1.807) is 25.4 Å². The van der Waals surface area contributed by atoms with Gasteiger partial charge in [0.1, 0.15) is 0 Å². The number of carboxylic acids is 1. The van der Waals surface area contributed by atoms with Crippen LogP contribution < -0.4 is 4.74 Å². The molecule has 36 heavy (non-hydrogen) atoms. The summed E-state index contributed by atoms with van der Waals surface area (Å²) in [5.74, 6) is -1.32. The average molecular weight is 496 g/mol. The van der Waals surface area contributed by atoms with E-state index in [0.29, 0.717) is 19.4 Å². The maximum Gasteiger partial charge on any atom is 0.335 e. The van der Waals surface area contributed by atoms with Crippen molar-refractivity contribution in [2.24, 2.45) is 0 Å². The highest BCUT2D eigenvalue weighted by Gasteiger charge is 2.53. The highest BCUT2D eigenvalue weighted by molar-refractivity contribution is 5.99. The first-order chi connectivity index (χ1) is 17.2. The van der Waals surface area contributed by atoms with Crippen molar-refractivity contribution in [3.05, 3.63) is 53.6 Å². The van der Waals surface area contributed by atoms with Crippen molar-refractivity contribution in [1.82, 2.24) is 14.8 Å². The predicted octanol–water partition coefficient (Wildman–Crippen LogP) is 4.93. The Hall–Kier alpha value is -3.43. The van der Waals surface area contributed by atoms with Crippen molar-refractivity contribution in [2.75, 3.05) is 27.9 Å². The number of hydrogen-bond donors (Lipinski definition) is 2. The molecular weight excluding hydrogens is 465 g/mol. The second-order valence-electron chi connectivity index (χ2n) is 10.2. The minimum atomic E-state index is -1.21. The van der Waals surface area contributed by atoms with E-state index in [0.717, 1.165) is 38.8 Å². The number of aliphatic carboxylic acids is 1. The van der Waals surface area contributed by atoms with Gasteiger partial charge in [0.05, 0.1) is 30.9 Å². The number of rotatable bonds is 8. The van der Waals surface area contributed by atoms with E-state index >= 15 is 0 Å². The molecule has 190 valence electrons. The first-order valence-corrected chi connectivity index (χ1v) is 11.8. The minimum Gasteiger partial charge on any atom is -0.494 e. The van der Waals surface area contributed by atoms with Gasteiger partial charge in [-0.2, -0.15) is 5.10 Å². The maximum absolute atomic E-state index is 14.4. The van der Waals surface area contributed by atoms with Crippen LogP contribution in [-0.2, 0) is 19.7 Å². The summed E-state index contributed by atoms with van der Waals surface area (Å²) in [4.78, 5) is 12.0. The zero-order valence-corrected chi connectivity index (χ0v) is 21.0. The van der Waals surface area contributed by atoms with E-state index in [2.05, 4.69) is 40.7 Å². The molecule has 1 saturated carbocycles. The summed E-state index contributed by atoms with van der Waals surface area (Å²) in [7, 11) is 4.55. The monoisotopic (exact) mass is 495 g/mol. The number of fused-ring (bicyclic) bond motifs is 2. The summed E-state index contributed by atoms with van der Waals surface area (Å²) in [6, 6.07) is 8.92. The average Bonchev–Trinajstić information content (AvgIpc) is 3.40. The molecule has 2 aromatic carbocycles. The van der Waals surface area contributed by atoms with Crippen molar-refractivity contribution in [3.63, 3.8) is 0 Å². The summed E-state index contributed by atoms with van der Waals surface area (Å²) >= 11 is 0. The number of nitrogens with one attached hydrogen (secondary N) is 1. The normalized spacial score (nSPS) is 20.1. The third-order valence-corrected chi connectivity index (χ3v) is 7.45. The van der Waals surface area contributed by atoms with Gasteiger partial charge in [-0.25, -0.2) is 9.18 Å². The molecule has 8 nitrogen and oxygen atoms in total. The molecule has 1 aliphatic carbocycles. The third kappa shape index (κ3) is 3.57. The Balaban J connectivity index is 1.85. The summed E-state index contributed by atoms with van der Waals surface area (Å²) < 4.78 is 32.9. The molecule has 0 radical (unpaired) electrons. The summed E-state index contributed by atoms with van der Waals surface area (Å²) in [6.07, 6.45) is 2.46. The molecule has 1 fully saturated rings. The molecule has 2 heterocycles. The molecule has 0 amide bonds. The predicted molar refractivity (Wildman–Crippen MR) is 134 cm³/mol. The second kappa shape index (κ2) is 8.60. The molecule has 2 N–H and O–H groups in total. The van der Waals surface area contributed by atoms with Crippen LogP contribution in [0.5, 0.6) is 5.75 Å². The van der Waals surface area contributed by atoms with Crippen LogP contribution in [-0.4, -0.2) is 59.4 Å². The van der Waals surface area contributed by atoms with E-state index in [1.807, 2.05) is 0 Å². The van der Waals surface area contributed by atoms with Crippen LogP contribution >= 0.6 is 0 Å². The van der Waals surface area contributed by atoms with Gasteiger partial charge in [-0.1, -0.05) is 13.8 Å². The highest BCUT2D eigenvalue weighted by Crippen LogP contribution is 2.53. The van der Waals surface area contributed by atoms with Crippen LogP contribution in [0.3, 0.4) is 0 Å². The number of ether oxygens (including phenoxy) is 3. The second-order valence-corrected chi connectivity index (χ2v) is 10.2. The van der Waals surface area contributed by atoms with Gasteiger partial charge in [-0.05, 0) is 48.6 Å². The molecule has 2 aromatic heterocycles. The lowest BCUT2D eigenvalue weighted by atomic mass is 9.65. The fourth-order valence-corrected chi connectivity index (χ4v) is 5.68. The first kappa shape index (κ1) is 24.3. The summed E-state index contributed by atoms with van der Waals surface area (Å²) in [5, 5.41) is 19.0. The van der Waals surface area contributed by atoms with Crippen molar-refractivity contribution < 1.29 is 28.5 Å². The van der Waals surface area contributed by atoms with Gasteiger partial charge in [0.25, 0.3) is 0 Å². The summed E-state index contributed by atoms with van der Waals surface area (Å²) in [6.45, 7) is 4.62. The number of methoxy groups -OCH3 is 3. The molecule has 1 aliphatic rings. The fourth-order valence-electron chi connectivity index (χ4n) is 5.68. The molecule has 0 unspecified atom stereocenters. The number of nitrogens with zero attached hydrogens (tertiary/aromatic N) is 2. The Morgan fingerprint density at radius 1 is 1.25 bits per heavy atom. The van der Waals surface area contributed by atoms with Crippen LogP contribution in [0.4, 0.5) is 4.39 Å². The molecule has 0 bridgehead atoms. The van der Waals surface area contributed by atoms with Crippen LogP contribution in [0.1, 0.15) is 43.9 Å². The number of H-pyrrole nitrogens is 1. The number of carbonyl (C=O) groups is 1. The number of carboxylic acid groups (broad SMARTS) is 1. The molecule has 0 atom stereocenters. The van der Waals surface area contributed by atoms with Crippen LogP contribution in [0.2, 0.25) is 0 Å². The van der Waals surface area contributed by atoms with Crippen molar-refractivity contribution in [2.45, 2.75) is 43.6 Å². The number of hydrogen-bond acceptors (Lipinski definition) is 5. The molecule has 0 saturated heterocycles. The zero-order valence-electron chi connectivity index (χ0n) is 21.0. The van der Waals surface area contributed by atoms with E-state index in [9.17, 15) is 14.3 Å². The SMILES string of the molecule is COCC(C)(C)c1c([C@H]2C[C@](OC)(C(=O)O)C2)c2cc3[nH]ncc3cc2n1-c1ccc(F)c(OC)c1. The van der Waals surface area contributed by atoms with Gasteiger partial charge in [-0.3, -0.25) is 5.10 Å². The number of aromatic nitrogens is 3. The lowest BCUT2D eigenvalue weighted by Crippen LogP contribution is -2.51. The lowest BCUT2D eigenvalue weighted by molar-refractivity contribution is -0.175. The van der Waals surface area contributed by atoms with Crippen LogP contribution in [0.15, 0.2) is 36.5 Å². The number of aromatic amines is 1. The highest BCUT2D eigenvalue weighted by atomic mass is 19.1. The smallest absolute Gasteiger partial charge is 0.335 e. The van der Waals surface area contributed by atoms with E-state index in [4.69, 9.17) is 14.2 Å². The van der Waals surface area contributed by atoms with Crippen molar-refractivity contribution >= 4 is 27.8 Å². The molecular formula is C27H30FN3O5. The fraction of sp³-hybridized carbons (Fsp3) is 0.407. The largest absolute Gasteiger partial charge is 0.494 e. The topological polar surface area (TPSA) is 98.6 Å². The lowest BCUT2D eigenvalue weighted by Gasteiger charge is -2.44. The van der Waals surface area contributed by atoms with Gasteiger partial charge < -0.3 is 23.9 Å². The third-order valence-electron chi connectivity index (χ3n) is 7.45. The Kier molecular flexibility index (Phi) is 5.80. The Labute approximate surface area is 208 Å². The standard InChI is InChI=1S/C27H30FN3O5/c1-26(2,14-34-3)24-23(16-11-27(12-16,36-5)25(32)33)18-10-20-15(13-29-30-20)8-21(18)31(24)17-6-7-19(28)22(9-17)35-4/h6-10,13,16H,11-12,14H2,1-5H3,(H,29,30)(H,32,33)/t16-,27+. The number of halogens is 1. The minimum absolute atomic E-state index is 0.0568. The van der Waals surface area contributed by atoms with Gasteiger partial charge in [-0.15, -0.1) is 0 Å². The van der Waals surface area contributed by atoms with E-state index < -0.39 is 22.8 Å². The van der Waals surface area contributed by atoms with Crippen molar-refractivity contribution in [3.8, 4) is 11.4 Å². The molecule has 4 aromatic rings. The molecule has 5 rings (SSSR count). The molecule has 0 aliphatic heterocycles. The van der Waals surface area contributed by atoms with E-state index in [-0.39, 0.29) is 11.7 Å². The van der Waals surface area contributed by atoms with E-state index in [1.165, 1.54) is 20.3 Å². The molecule has 9 heteroatoms. The van der Waals surface area contributed by atoms with Gasteiger partial charge in [0.2, 0.25) is 0 Å². The maximum atomic E-state index is 14.4. The van der Waals surface area contributed by atoms with Gasteiger partial charge in [0.15, 0.2) is 17.2 Å². The zero-order chi connectivity index (χ0) is 25.8. The Morgan fingerprint density at radius 2 is 2.00 bits per heavy atom. The Morgan fingerprint density at radius 3 is 2.64 bits per heavy atom. The van der Waals surface area contributed by atoms with Crippen molar-refractivity contribution in [1.29, 1.82) is 0 Å². The van der Waals surface area contributed by atoms with Crippen LogP contribution in [0, 0.1) is 5.82 Å². The van der Waals surface area contributed by atoms with Crippen LogP contribution in [0.25, 0.3) is 27.5 Å². The summed E-state index contributed by atoms with van der Waals surface area (Å²) in [5.41, 5.74) is 2.88. The number of benzene rings is 2.